The minimum Gasteiger partial charge on any atom is -0.341 e. The van der Waals surface area contributed by atoms with Gasteiger partial charge >= 0.3 is 0 Å². The SMILES string of the molecule is Cc1ccn(CC2CCCNC2)c(=O)c1C(=O)N(C)CCc1cnn(C)c1. The number of nitrogens with zero attached hydrogens (tertiary/aromatic N) is 4. The number of carbonyl (C=O) groups excluding carboxylic acids is 1. The zero-order valence-corrected chi connectivity index (χ0v) is 16.4. The second-order valence-electron chi connectivity index (χ2n) is 7.54. The molecule has 1 unspecified atom stereocenters. The van der Waals surface area contributed by atoms with Crippen LogP contribution in [0, 0.1) is 12.8 Å². The van der Waals surface area contributed by atoms with Gasteiger partial charge in [0.1, 0.15) is 5.56 Å². The average molecular weight is 371 g/mol. The normalized spacial score (nSPS) is 17.1. The summed E-state index contributed by atoms with van der Waals surface area (Å²) in [6.45, 7) is 5.01. The van der Waals surface area contributed by atoms with Crippen LogP contribution in [0.25, 0.3) is 0 Å². The molecule has 146 valence electrons. The molecule has 0 aliphatic carbocycles. The first-order valence-corrected chi connectivity index (χ1v) is 9.59. The quantitative estimate of drug-likeness (QED) is 0.828. The third-order valence-corrected chi connectivity index (χ3v) is 5.28. The molecule has 1 aliphatic heterocycles. The van der Waals surface area contributed by atoms with Crippen LogP contribution in [0.3, 0.4) is 0 Å². The molecule has 1 amide bonds. The molecule has 0 spiro atoms. The summed E-state index contributed by atoms with van der Waals surface area (Å²) in [5.41, 5.74) is 1.91. The highest BCUT2D eigenvalue weighted by Crippen LogP contribution is 2.13. The van der Waals surface area contributed by atoms with Gasteiger partial charge < -0.3 is 14.8 Å². The highest BCUT2D eigenvalue weighted by molar-refractivity contribution is 5.95. The molecule has 0 saturated carbocycles. The average Bonchev–Trinajstić information content (AvgIpc) is 3.08. The van der Waals surface area contributed by atoms with Gasteiger partial charge in [-0.05, 0) is 62.4 Å². The third kappa shape index (κ3) is 4.66. The number of aromatic nitrogens is 3. The van der Waals surface area contributed by atoms with Gasteiger partial charge in [-0.2, -0.15) is 5.10 Å². The summed E-state index contributed by atoms with van der Waals surface area (Å²) in [5.74, 6) is 0.225. The van der Waals surface area contributed by atoms with E-state index in [0.717, 1.165) is 37.1 Å². The zero-order chi connectivity index (χ0) is 19.4. The smallest absolute Gasteiger partial charge is 0.263 e. The fraction of sp³-hybridized carbons (Fsp3) is 0.550. The van der Waals surface area contributed by atoms with Crippen LogP contribution < -0.4 is 10.9 Å². The van der Waals surface area contributed by atoms with Crippen LogP contribution in [-0.4, -0.2) is 51.8 Å². The predicted molar refractivity (Wildman–Crippen MR) is 105 cm³/mol. The minimum atomic E-state index is -0.211. The van der Waals surface area contributed by atoms with Gasteiger partial charge in [0.15, 0.2) is 0 Å². The van der Waals surface area contributed by atoms with E-state index >= 15 is 0 Å². The highest BCUT2D eigenvalue weighted by Gasteiger charge is 2.21. The van der Waals surface area contributed by atoms with Crippen molar-refractivity contribution < 1.29 is 4.79 Å². The summed E-state index contributed by atoms with van der Waals surface area (Å²) in [7, 11) is 3.62. The summed E-state index contributed by atoms with van der Waals surface area (Å²) in [5, 5.41) is 7.53. The van der Waals surface area contributed by atoms with E-state index in [-0.39, 0.29) is 17.0 Å². The number of pyridine rings is 1. The number of hydrogen-bond acceptors (Lipinski definition) is 4. The van der Waals surface area contributed by atoms with Gasteiger partial charge in [-0.15, -0.1) is 0 Å². The maximum absolute atomic E-state index is 13.0. The lowest BCUT2D eigenvalue weighted by atomic mass is 9.99. The monoisotopic (exact) mass is 371 g/mol. The van der Waals surface area contributed by atoms with Crippen molar-refractivity contribution in [3.63, 3.8) is 0 Å². The van der Waals surface area contributed by atoms with E-state index in [1.807, 2.05) is 32.4 Å². The van der Waals surface area contributed by atoms with E-state index in [9.17, 15) is 9.59 Å². The standard InChI is InChI=1S/C20H29N5O2/c1-15-6-10-25(14-16-5-4-8-21-11-16)20(27)18(15)19(26)23(2)9-7-17-12-22-24(3)13-17/h6,10,12-13,16,21H,4-5,7-9,11,14H2,1-3H3. The summed E-state index contributed by atoms with van der Waals surface area (Å²) in [4.78, 5) is 27.5. The molecule has 7 heteroatoms. The lowest BCUT2D eigenvalue weighted by Crippen LogP contribution is -2.39. The molecule has 1 N–H and O–H groups in total. The Bertz CT molecular complexity index is 848. The Balaban J connectivity index is 1.72. The van der Waals surface area contributed by atoms with Gasteiger partial charge in [-0.1, -0.05) is 0 Å². The number of hydrogen-bond donors (Lipinski definition) is 1. The van der Waals surface area contributed by atoms with Crippen molar-refractivity contribution in [3.8, 4) is 0 Å². The molecule has 7 nitrogen and oxygen atoms in total. The van der Waals surface area contributed by atoms with E-state index in [0.29, 0.717) is 25.4 Å². The maximum atomic E-state index is 13.0. The fourth-order valence-electron chi connectivity index (χ4n) is 3.62. The number of rotatable bonds is 6. The van der Waals surface area contributed by atoms with Crippen LogP contribution in [0.1, 0.15) is 34.3 Å². The number of amides is 1. The molecule has 1 atom stereocenters. The van der Waals surface area contributed by atoms with Crippen LogP contribution in [0.2, 0.25) is 0 Å². The molecule has 0 radical (unpaired) electrons. The summed E-state index contributed by atoms with van der Waals surface area (Å²) >= 11 is 0. The molecule has 1 fully saturated rings. The summed E-state index contributed by atoms with van der Waals surface area (Å²) in [6.07, 6.45) is 8.52. The molecule has 0 bridgehead atoms. The van der Waals surface area contributed by atoms with Gasteiger partial charge in [0.25, 0.3) is 11.5 Å². The lowest BCUT2D eigenvalue weighted by molar-refractivity contribution is 0.0793. The maximum Gasteiger partial charge on any atom is 0.263 e. The fourth-order valence-corrected chi connectivity index (χ4v) is 3.62. The molecule has 0 aromatic carbocycles. The number of likely N-dealkylation sites (N-methyl/N-ethyl adjacent to an activating group) is 1. The van der Waals surface area contributed by atoms with Crippen molar-refractivity contribution in [2.24, 2.45) is 13.0 Å². The molecule has 27 heavy (non-hydrogen) atoms. The molecule has 3 heterocycles. The molecular formula is C20H29N5O2. The Morgan fingerprint density at radius 3 is 2.93 bits per heavy atom. The minimum absolute atomic E-state index is 0.182. The number of nitrogens with one attached hydrogen (secondary N) is 1. The van der Waals surface area contributed by atoms with Crippen molar-refractivity contribution in [1.82, 2.24) is 24.6 Å². The first-order chi connectivity index (χ1) is 13.0. The van der Waals surface area contributed by atoms with Crippen LogP contribution in [0.4, 0.5) is 0 Å². The van der Waals surface area contributed by atoms with E-state index in [1.54, 1.807) is 27.4 Å². The summed E-state index contributed by atoms with van der Waals surface area (Å²) in [6, 6.07) is 1.87. The Kier molecular flexibility index (Phi) is 6.11. The second kappa shape index (κ2) is 8.52. The van der Waals surface area contributed by atoms with E-state index in [1.165, 1.54) is 0 Å². The van der Waals surface area contributed by atoms with Gasteiger partial charge in [0, 0.05) is 39.6 Å². The van der Waals surface area contributed by atoms with Crippen molar-refractivity contribution in [1.29, 1.82) is 0 Å². The van der Waals surface area contributed by atoms with Crippen molar-refractivity contribution in [2.75, 3.05) is 26.7 Å². The van der Waals surface area contributed by atoms with Gasteiger partial charge in [-0.25, -0.2) is 0 Å². The van der Waals surface area contributed by atoms with Gasteiger partial charge in [0.2, 0.25) is 0 Å². The number of piperidine rings is 1. The summed E-state index contributed by atoms with van der Waals surface area (Å²) < 4.78 is 3.45. The number of aryl methyl sites for hydroxylation is 2. The van der Waals surface area contributed by atoms with E-state index < -0.39 is 0 Å². The predicted octanol–water partition coefficient (Wildman–Crippen LogP) is 1.20. The molecular weight excluding hydrogens is 342 g/mol. The molecule has 1 aliphatic rings. The first-order valence-electron chi connectivity index (χ1n) is 9.59. The van der Waals surface area contributed by atoms with Crippen molar-refractivity contribution >= 4 is 5.91 Å². The lowest BCUT2D eigenvalue weighted by Gasteiger charge is -2.24. The third-order valence-electron chi connectivity index (χ3n) is 5.28. The van der Waals surface area contributed by atoms with Crippen molar-refractivity contribution in [3.05, 3.63) is 51.7 Å². The molecule has 1 saturated heterocycles. The topological polar surface area (TPSA) is 72.2 Å². The Morgan fingerprint density at radius 2 is 2.26 bits per heavy atom. The first kappa shape index (κ1) is 19.4. The molecule has 3 rings (SSSR count). The Labute approximate surface area is 160 Å². The zero-order valence-electron chi connectivity index (χ0n) is 16.4. The van der Waals surface area contributed by atoms with Crippen LogP contribution in [-0.2, 0) is 20.0 Å². The van der Waals surface area contributed by atoms with Crippen LogP contribution in [0.5, 0.6) is 0 Å². The Morgan fingerprint density at radius 1 is 1.44 bits per heavy atom. The van der Waals surface area contributed by atoms with Crippen LogP contribution in [0.15, 0.2) is 29.5 Å². The molecule has 2 aromatic heterocycles. The highest BCUT2D eigenvalue weighted by atomic mass is 16.2. The van der Waals surface area contributed by atoms with Crippen LogP contribution >= 0.6 is 0 Å². The largest absolute Gasteiger partial charge is 0.341 e. The Hall–Kier alpha value is -2.41. The van der Waals surface area contributed by atoms with Gasteiger partial charge in [0.05, 0.1) is 6.20 Å². The molecule has 2 aromatic rings. The second-order valence-corrected chi connectivity index (χ2v) is 7.54. The number of carbonyl (C=O) groups is 1. The van der Waals surface area contributed by atoms with E-state index in [4.69, 9.17) is 0 Å². The van der Waals surface area contributed by atoms with Crippen molar-refractivity contribution in [2.45, 2.75) is 32.7 Å². The van der Waals surface area contributed by atoms with Gasteiger partial charge in [-0.3, -0.25) is 14.3 Å². The van der Waals surface area contributed by atoms with E-state index in [2.05, 4.69) is 10.4 Å².